The fourth-order valence-electron chi connectivity index (χ4n) is 17.2. The predicted molar refractivity (Wildman–Crippen MR) is 302 cm³/mol. The van der Waals surface area contributed by atoms with Gasteiger partial charge in [-0.15, -0.1) is 0 Å². The minimum atomic E-state index is -2.13. The SMILES string of the molecule is CC[C@H]1OC(=O)[C@H](C)[C@@H](O[C@H]2C[C@@](C)(OC)[C@@H](O)[C@H](C)O2)[C@H](C)[C@@H](O[C@@H]2O[C@H](C)C[C@H](N(C)C)[C@H]2O)[C@](C)(O)C[C@@H](C)CN(CCCNC(=O)[C@@]2(O)[C@H](C)CC3C4CCC5=CC(=O)C=C[C@]5(C)[C@@]4(F)[C@@H](O)C[C@@]32C)[C@H](C)[C@H]2OC(=O)O[C@@]21C. The molecule has 8 rings (SSSR count). The lowest BCUT2D eigenvalue weighted by Gasteiger charge is -2.62. The van der Waals surface area contributed by atoms with Gasteiger partial charge in [-0.25, -0.2) is 9.18 Å². The molecule has 2 unspecified atom stereocenters. The van der Waals surface area contributed by atoms with Crippen LogP contribution < -0.4 is 5.32 Å². The van der Waals surface area contributed by atoms with Crippen molar-refractivity contribution >= 4 is 23.8 Å². The number of ketones is 1. The Hall–Kier alpha value is -3.19. The highest BCUT2D eigenvalue weighted by Crippen LogP contribution is 2.70. The first-order chi connectivity index (χ1) is 38.6. The number of nitrogens with zero attached hydrogens (tertiary/aromatic N) is 2. The molecule has 0 aromatic rings. The second kappa shape index (κ2) is 24.1. The summed E-state index contributed by atoms with van der Waals surface area (Å²) < 4.78 is 68.7. The van der Waals surface area contributed by atoms with Gasteiger partial charge in [-0.3, -0.25) is 19.3 Å². The number of likely N-dealkylation sites (N-methyl/N-ethyl adjacent to an activating group) is 1. The molecule has 4 aliphatic carbocycles. The van der Waals surface area contributed by atoms with Crippen molar-refractivity contribution in [1.29, 1.82) is 0 Å². The fraction of sp³-hybridized carbons (Fsp3) is 0.871. The number of aliphatic hydroxyl groups excluding tert-OH is 3. The molecule has 3 saturated carbocycles. The number of aliphatic hydroxyl groups is 5. The van der Waals surface area contributed by atoms with Crippen molar-refractivity contribution in [3.8, 4) is 0 Å². The van der Waals surface area contributed by atoms with Gasteiger partial charge in [0.25, 0.3) is 5.91 Å². The van der Waals surface area contributed by atoms with Crippen LogP contribution in [0.5, 0.6) is 0 Å². The Balaban J connectivity index is 1.08. The second-order valence-electron chi connectivity index (χ2n) is 27.9. The Morgan fingerprint density at radius 3 is 2.25 bits per heavy atom. The molecular formula is C62H100FN3O17. The number of hydrogen-bond acceptors (Lipinski definition) is 19. The third-order valence-corrected chi connectivity index (χ3v) is 22.0. The molecule has 0 spiro atoms. The predicted octanol–water partition coefficient (Wildman–Crippen LogP) is 5.31. The molecule has 4 saturated heterocycles. The summed E-state index contributed by atoms with van der Waals surface area (Å²) >= 11 is 0. The van der Waals surface area contributed by atoms with E-state index in [9.17, 15) is 44.7 Å². The van der Waals surface area contributed by atoms with E-state index in [1.54, 1.807) is 68.4 Å². The number of fused-ring (bicyclic) bond motifs is 6. The lowest BCUT2D eigenvalue weighted by atomic mass is 9.44. The maximum Gasteiger partial charge on any atom is 0.509 e. The van der Waals surface area contributed by atoms with Crippen LogP contribution in [0, 0.1) is 46.3 Å². The summed E-state index contributed by atoms with van der Waals surface area (Å²) in [5, 5.41) is 64.0. The van der Waals surface area contributed by atoms with Gasteiger partial charge in [0.1, 0.15) is 18.3 Å². The number of allylic oxidation sites excluding steroid dienone is 4. The van der Waals surface area contributed by atoms with E-state index in [2.05, 4.69) is 10.2 Å². The Morgan fingerprint density at radius 2 is 1.60 bits per heavy atom. The van der Waals surface area contributed by atoms with Crippen molar-refractivity contribution in [2.45, 2.75) is 255 Å². The minimum Gasteiger partial charge on any atom is -0.458 e. The Labute approximate surface area is 490 Å². The van der Waals surface area contributed by atoms with E-state index in [0.717, 1.165) is 0 Å². The Kier molecular flexibility index (Phi) is 19.1. The Bertz CT molecular complexity index is 2450. The number of ether oxygens (including phenoxy) is 8. The zero-order valence-corrected chi connectivity index (χ0v) is 52.1. The highest BCUT2D eigenvalue weighted by molar-refractivity contribution is 6.01. The van der Waals surface area contributed by atoms with Crippen LogP contribution in [-0.2, 0) is 52.3 Å². The van der Waals surface area contributed by atoms with E-state index in [-0.39, 0.29) is 56.1 Å². The number of esters is 1. The van der Waals surface area contributed by atoms with Gasteiger partial charge in [-0.2, -0.15) is 0 Å². The first-order valence-electron chi connectivity index (χ1n) is 30.7. The van der Waals surface area contributed by atoms with Crippen LogP contribution in [0.25, 0.3) is 0 Å². The number of nitrogens with one attached hydrogen (secondary N) is 1. The normalized spacial score (nSPS) is 49.9. The molecule has 4 heterocycles. The van der Waals surface area contributed by atoms with Crippen LogP contribution in [0.1, 0.15) is 148 Å². The highest BCUT2D eigenvalue weighted by atomic mass is 19.1. The molecule has 0 aromatic heterocycles. The van der Waals surface area contributed by atoms with Crippen molar-refractivity contribution in [3.05, 3.63) is 23.8 Å². The van der Waals surface area contributed by atoms with E-state index < -0.39 is 154 Å². The van der Waals surface area contributed by atoms with E-state index in [4.69, 9.17) is 37.9 Å². The molecule has 0 radical (unpaired) electrons. The number of carbonyl (C=O) groups excluding carboxylic acids is 4. The summed E-state index contributed by atoms with van der Waals surface area (Å²) in [5.41, 5.74) is -10.2. The number of rotatable bonds is 12. The maximum absolute atomic E-state index is 18.0. The van der Waals surface area contributed by atoms with Crippen LogP contribution in [0.4, 0.5) is 9.18 Å². The molecule has 83 heavy (non-hydrogen) atoms. The largest absolute Gasteiger partial charge is 0.509 e. The second-order valence-corrected chi connectivity index (χ2v) is 27.9. The van der Waals surface area contributed by atoms with E-state index in [1.807, 2.05) is 46.7 Å². The van der Waals surface area contributed by atoms with Crippen molar-refractivity contribution in [1.82, 2.24) is 15.1 Å². The zero-order valence-electron chi connectivity index (χ0n) is 52.1. The first-order valence-corrected chi connectivity index (χ1v) is 30.7. The number of halogens is 1. The summed E-state index contributed by atoms with van der Waals surface area (Å²) in [4.78, 5) is 59.5. The molecular weight excluding hydrogens is 1080 g/mol. The third-order valence-electron chi connectivity index (χ3n) is 22.0. The molecule has 6 N–H and O–H groups in total. The molecule has 4 aliphatic heterocycles. The Morgan fingerprint density at radius 1 is 0.916 bits per heavy atom. The molecule has 7 fully saturated rings. The third kappa shape index (κ3) is 11.4. The van der Waals surface area contributed by atoms with Crippen molar-refractivity contribution < 1.29 is 87.0 Å². The number of carbonyl (C=O) groups is 4. The first kappa shape index (κ1) is 65.8. The average Bonchev–Trinajstić information content (AvgIpc) is 2.04. The quantitative estimate of drug-likeness (QED) is 0.107. The van der Waals surface area contributed by atoms with Gasteiger partial charge in [0, 0.05) is 67.9 Å². The smallest absolute Gasteiger partial charge is 0.458 e. The summed E-state index contributed by atoms with van der Waals surface area (Å²) in [6.45, 7) is 23.8. The molecule has 472 valence electrons. The molecule has 0 aromatic carbocycles. The molecule has 20 nitrogen and oxygen atoms in total. The lowest BCUT2D eigenvalue weighted by molar-refractivity contribution is -0.318. The minimum absolute atomic E-state index is 0.0704. The van der Waals surface area contributed by atoms with Crippen LogP contribution in [0.3, 0.4) is 0 Å². The number of hydrogen-bond donors (Lipinski definition) is 6. The van der Waals surface area contributed by atoms with Gasteiger partial charge < -0.3 is 73.6 Å². The molecule has 8 aliphatic rings. The molecule has 1 amide bonds. The number of cyclic esters (lactones) is 1. The van der Waals surface area contributed by atoms with Gasteiger partial charge in [0.2, 0.25) is 0 Å². The average molecular weight is 1180 g/mol. The van der Waals surface area contributed by atoms with Crippen LogP contribution in [0.15, 0.2) is 23.8 Å². The number of amides is 1. The van der Waals surface area contributed by atoms with Crippen LogP contribution in [-0.4, -0.2) is 208 Å². The monoisotopic (exact) mass is 1180 g/mol. The lowest BCUT2D eigenvalue weighted by Crippen LogP contribution is -2.70. The molecule has 0 bridgehead atoms. The zero-order chi connectivity index (χ0) is 61.5. The fourth-order valence-corrected chi connectivity index (χ4v) is 17.2. The van der Waals surface area contributed by atoms with Gasteiger partial charge in [-0.1, -0.05) is 46.3 Å². The summed E-state index contributed by atoms with van der Waals surface area (Å²) in [6.07, 6.45) is -5.64. The van der Waals surface area contributed by atoms with Gasteiger partial charge >= 0.3 is 12.1 Å². The standard InChI is InChI=1S/C62H100FN3O17/c1-17-45-60(13)51(82-55(73)83-60)37(7)66(24-18-23-64-54(72)62(75)33(3)25-42-41-20-19-39-27-40(67)21-22-56(39,9)61(41,63)44(68)29-57(42,62)10)31-32(2)28-58(11,74)50(81-53-47(69)43(65(14)15)26-34(4)77-53)35(5)48(36(6)52(71)79-45)80-46-30-59(12,76-16)49(70)38(8)78-46/h21-22,27,32-38,41-51,53,68-70,74-75H,17-20,23-26,28-31H2,1-16H3,(H,64,72)/t32-,33-,34-,35+,36-,37-,38+,41?,42?,43+,44+,45-,46+,47-,48+,49+,50-,51-,53+,56+,57+,58-,59-,60-,61+,62+/m1/s1. The number of methoxy groups -OCH3 is 1. The molecule has 26 atom stereocenters. The summed E-state index contributed by atoms with van der Waals surface area (Å²) in [6, 6.07) is -0.979. The van der Waals surface area contributed by atoms with Crippen molar-refractivity contribution in [2.75, 3.05) is 40.8 Å². The van der Waals surface area contributed by atoms with Gasteiger partial charge in [0.05, 0.1) is 47.6 Å². The highest BCUT2D eigenvalue weighted by Gasteiger charge is 2.76. The van der Waals surface area contributed by atoms with Crippen molar-refractivity contribution in [2.24, 2.45) is 46.3 Å². The van der Waals surface area contributed by atoms with Crippen molar-refractivity contribution in [3.63, 3.8) is 0 Å². The van der Waals surface area contributed by atoms with E-state index in [1.165, 1.54) is 19.3 Å². The summed E-state index contributed by atoms with van der Waals surface area (Å²) in [7, 11) is 5.22. The van der Waals surface area contributed by atoms with E-state index >= 15 is 4.39 Å². The van der Waals surface area contributed by atoms with E-state index in [0.29, 0.717) is 50.8 Å². The maximum atomic E-state index is 18.0. The summed E-state index contributed by atoms with van der Waals surface area (Å²) in [5.74, 6) is -5.58. The number of alkyl halides is 1. The molecule has 21 heteroatoms. The van der Waals surface area contributed by atoms with Crippen LogP contribution in [0.2, 0.25) is 0 Å². The topological polar surface area (TPSA) is 262 Å². The van der Waals surface area contributed by atoms with Gasteiger partial charge in [-0.05, 0) is 151 Å². The van der Waals surface area contributed by atoms with Crippen LogP contribution >= 0.6 is 0 Å². The van der Waals surface area contributed by atoms with Gasteiger partial charge in [0.15, 0.2) is 41.3 Å².